The first-order valence-corrected chi connectivity index (χ1v) is 10.9. The third-order valence-corrected chi connectivity index (χ3v) is 6.34. The van der Waals surface area contributed by atoms with Crippen molar-refractivity contribution in [2.24, 2.45) is 0 Å². The molecule has 0 bridgehead atoms. The number of nitrogens with zero attached hydrogens (tertiary/aromatic N) is 3. The lowest BCUT2D eigenvalue weighted by Gasteiger charge is -2.27. The molecule has 6 N–H and O–H groups in total. The number of rotatable bonds is 6. The van der Waals surface area contributed by atoms with E-state index in [-0.39, 0.29) is 17.2 Å². The SMILES string of the molecule is C[NH2+]/C=C(\C=N)c1ccc(N)c(C(=N)c2cc(N3CCS(=O)(=O)CC3)ncn2)c1. The molecule has 1 aliphatic rings. The molecule has 1 aromatic carbocycles. The van der Waals surface area contributed by atoms with Crippen LogP contribution in [0.3, 0.4) is 0 Å². The van der Waals surface area contributed by atoms with Gasteiger partial charge in [-0.1, -0.05) is 6.07 Å². The van der Waals surface area contributed by atoms with Gasteiger partial charge in [-0.3, -0.25) is 5.41 Å². The molecule has 1 saturated heterocycles. The highest BCUT2D eigenvalue weighted by Crippen LogP contribution is 2.23. The Morgan fingerprint density at radius 2 is 1.97 bits per heavy atom. The van der Waals surface area contributed by atoms with Crippen LogP contribution in [0.15, 0.2) is 36.8 Å². The Morgan fingerprint density at radius 1 is 1.24 bits per heavy atom. The van der Waals surface area contributed by atoms with E-state index in [4.69, 9.17) is 16.6 Å². The largest absolute Gasteiger partial charge is 0.398 e. The highest BCUT2D eigenvalue weighted by molar-refractivity contribution is 7.91. The van der Waals surface area contributed by atoms with Gasteiger partial charge in [0.2, 0.25) is 0 Å². The van der Waals surface area contributed by atoms with Crippen LogP contribution in [0.2, 0.25) is 0 Å². The average Bonchev–Trinajstić information content (AvgIpc) is 2.72. The molecule has 2 heterocycles. The highest BCUT2D eigenvalue weighted by Gasteiger charge is 2.23. The summed E-state index contributed by atoms with van der Waals surface area (Å²) in [7, 11) is -1.12. The lowest BCUT2D eigenvalue weighted by atomic mass is 9.98. The van der Waals surface area contributed by atoms with Crippen LogP contribution < -0.4 is 16.0 Å². The number of aromatic nitrogens is 2. The van der Waals surface area contributed by atoms with Crippen molar-refractivity contribution in [3.63, 3.8) is 0 Å². The summed E-state index contributed by atoms with van der Waals surface area (Å²) in [6.45, 7) is 0.732. The Morgan fingerprint density at radius 3 is 2.62 bits per heavy atom. The van der Waals surface area contributed by atoms with Crippen LogP contribution in [0, 0.1) is 10.8 Å². The zero-order chi connectivity index (χ0) is 21.0. The zero-order valence-corrected chi connectivity index (χ0v) is 16.9. The van der Waals surface area contributed by atoms with Gasteiger partial charge in [0.15, 0.2) is 9.84 Å². The fraction of sp³-hybridized carbons (Fsp3) is 0.263. The smallest absolute Gasteiger partial charge is 0.153 e. The molecule has 0 atom stereocenters. The summed E-state index contributed by atoms with van der Waals surface area (Å²) in [6, 6.07) is 6.97. The first kappa shape index (κ1) is 20.6. The number of benzene rings is 1. The summed E-state index contributed by atoms with van der Waals surface area (Å²) in [4.78, 5) is 10.3. The molecule has 1 fully saturated rings. The van der Waals surface area contributed by atoms with E-state index in [0.717, 1.165) is 5.56 Å². The van der Waals surface area contributed by atoms with Gasteiger partial charge in [-0.05, 0) is 17.7 Å². The Balaban J connectivity index is 1.91. The van der Waals surface area contributed by atoms with Gasteiger partial charge < -0.3 is 21.4 Å². The number of quaternary nitrogens is 1. The molecular weight excluding hydrogens is 390 g/mol. The molecule has 29 heavy (non-hydrogen) atoms. The first-order valence-electron chi connectivity index (χ1n) is 9.11. The molecule has 1 aromatic heterocycles. The van der Waals surface area contributed by atoms with Gasteiger partial charge in [0, 0.05) is 36.6 Å². The van der Waals surface area contributed by atoms with E-state index in [1.165, 1.54) is 12.5 Å². The summed E-state index contributed by atoms with van der Waals surface area (Å²) in [6.07, 6.45) is 4.45. The minimum absolute atomic E-state index is 0.0892. The predicted molar refractivity (Wildman–Crippen MR) is 114 cm³/mol. The van der Waals surface area contributed by atoms with Crippen LogP contribution >= 0.6 is 0 Å². The lowest BCUT2D eigenvalue weighted by Crippen LogP contribution is -2.72. The summed E-state index contributed by atoms with van der Waals surface area (Å²) < 4.78 is 23.3. The van der Waals surface area contributed by atoms with Gasteiger partial charge in [0.05, 0.1) is 35.5 Å². The third kappa shape index (κ3) is 4.66. The first-order chi connectivity index (χ1) is 13.8. The number of hydrogen-bond acceptors (Lipinski definition) is 8. The molecule has 3 rings (SSSR count). The number of allylic oxidation sites excluding steroid dienone is 1. The normalized spacial score (nSPS) is 16.4. The van der Waals surface area contributed by atoms with Gasteiger partial charge in [-0.2, -0.15) is 0 Å². The Labute approximate surface area is 169 Å². The zero-order valence-electron chi connectivity index (χ0n) is 16.1. The van der Waals surface area contributed by atoms with Crippen molar-refractivity contribution >= 4 is 38.8 Å². The van der Waals surface area contributed by atoms with Crippen molar-refractivity contribution < 1.29 is 13.7 Å². The second-order valence-corrected chi connectivity index (χ2v) is 8.98. The predicted octanol–water partition coefficient (Wildman–Crippen LogP) is -0.107. The van der Waals surface area contributed by atoms with Gasteiger partial charge >= 0.3 is 0 Å². The Hall–Kier alpha value is -3.11. The number of anilines is 2. The molecule has 0 amide bonds. The summed E-state index contributed by atoms with van der Waals surface area (Å²) in [5.74, 6) is 0.766. The molecule has 9 nitrogen and oxygen atoms in total. The molecule has 0 radical (unpaired) electrons. The number of nitrogens with one attached hydrogen (secondary N) is 2. The molecule has 1 aliphatic heterocycles. The summed E-state index contributed by atoms with van der Waals surface area (Å²) >= 11 is 0. The van der Waals surface area contributed by atoms with Gasteiger partial charge in [-0.25, -0.2) is 18.4 Å². The van der Waals surface area contributed by atoms with E-state index in [0.29, 0.717) is 41.4 Å². The molecule has 152 valence electrons. The quantitative estimate of drug-likeness (QED) is 0.382. The van der Waals surface area contributed by atoms with Crippen LogP contribution in [0.5, 0.6) is 0 Å². The van der Waals surface area contributed by atoms with E-state index >= 15 is 0 Å². The van der Waals surface area contributed by atoms with E-state index in [1.807, 2.05) is 29.5 Å². The van der Waals surface area contributed by atoms with Crippen molar-refractivity contribution in [2.45, 2.75) is 0 Å². The van der Waals surface area contributed by atoms with Gasteiger partial charge in [0.25, 0.3) is 0 Å². The molecule has 10 heteroatoms. The molecule has 2 aromatic rings. The lowest BCUT2D eigenvalue weighted by molar-refractivity contribution is -0.555. The Bertz CT molecular complexity index is 1070. The number of hydrogen-bond donors (Lipinski definition) is 4. The van der Waals surface area contributed by atoms with E-state index < -0.39 is 9.84 Å². The van der Waals surface area contributed by atoms with Crippen molar-refractivity contribution in [3.8, 4) is 0 Å². The number of nitrogens with two attached hydrogens (primary N) is 2. The second-order valence-electron chi connectivity index (χ2n) is 6.68. The van der Waals surface area contributed by atoms with Crippen molar-refractivity contribution in [1.29, 1.82) is 10.8 Å². The maximum absolute atomic E-state index is 11.7. The van der Waals surface area contributed by atoms with Gasteiger partial charge in [0.1, 0.15) is 18.3 Å². The number of nitrogen functional groups attached to an aromatic ring is 1. The highest BCUT2D eigenvalue weighted by atomic mass is 32.2. The topological polar surface area (TPSA) is 153 Å². The van der Waals surface area contributed by atoms with Crippen molar-refractivity contribution in [3.05, 3.63) is 53.6 Å². The van der Waals surface area contributed by atoms with Crippen molar-refractivity contribution in [2.75, 3.05) is 42.3 Å². The van der Waals surface area contributed by atoms with E-state index in [1.54, 1.807) is 18.2 Å². The summed E-state index contributed by atoms with van der Waals surface area (Å²) in [5.41, 5.74) is 9.08. The molecule has 0 spiro atoms. The van der Waals surface area contributed by atoms with Crippen LogP contribution in [-0.2, 0) is 9.84 Å². The van der Waals surface area contributed by atoms with Crippen LogP contribution in [0.25, 0.3) is 5.57 Å². The van der Waals surface area contributed by atoms with E-state index in [2.05, 4.69) is 9.97 Å². The molecular formula is C19H24N7O2S+. The minimum Gasteiger partial charge on any atom is -0.398 e. The van der Waals surface area contributed by atoms with Crippen molar-refractivity contribution in [1.82, 2.24) is 9.97 Å². The average molecular weight is 415 g/mol. The fourth-order valence-corrected chi connectivity index (χ4v) is 4.30. The maximum atomic E-state index is 11.7. The molecule has 0 unspecified atom stereocenters. The fourth-order valence-electron chi connectivity index (χ4n) is 3.10. The third-order valence-electron chi connectivity index (χ3n) is 4.73. The maximum Gasteiger partial charge on any atom is 0.153 e. The standard InChI is InChI=1S/C19H23N7O2S/c1-23-11-14(10-20)13-2-3-16(21)15(8-13)19(22)17-9-18(25-12-24-17)26-4-6-29(27,28)7-5-26/h2-3,8-12,20,22-23H,4-7,21H2,1H3/p+1/b14-11+,20-10?,22-19?. The monoisotopic (exact) mass is 414 g/mol. The summed E-state index contributed by atoms with van der Waals surface area (Å²) in [5, 5.41) is 18.1. The van der Waals surface area contributed by atoms with E-state index in [9.17, 15) is 8.42 Å². The Kier molecular flexibility index (Phi) is 6.04. The molecule has 0 saturated carbocycles. The molecule has 0 aliphatic carbocycles. The second kappa shape index (κ2) is 8.50. The van der Waals surface area contributed by atoms with Gasteiger partial charge in [-0.15, -0.1) is 0 Å². The van der Waals surface area contributed by atoms with Crippen LogP contribution in [0.1, 0.15) is 16.8 Å². The van der Waals surface area contributed by atoms with Crippen LogP contribution in [0.4, 0.5) is 11.5 Å². The minimum atomic E-state index is -2.99. The van der Waals surface area contributed by atoms with Crippen LogP contribution in [-0.4, -0.2) is 62.0 Å². The number of sulfone groups is 1.